The van der Waals surface area contributed by atoms with Gasteiger partial charge in [-0.05, 0) is 60.4 Å². The maximum Gasteiger partial charge on any atom is 0.255 e. The van der Waals surface area contributed by atoms with Crippen molar-refractivity contribution >= 4 is 29.1 Å². The lowest BCUT2D eigenvalue weighted by molar-refractivity contribution is -0.132. The molecule has 1 heterocycles. The fourth-order valence-corrected chi connectivity index (χ4v) is 4.09. The Hall–Kier alpha value is -3.29. The molecule has 4 rings (SSSR count). The van der Waals surface area contributed by atoms with Crippen molar-refractivity contribution in [3.05, 3.63) is 94.5 Å². The average Bonchev–Trinajstić information content (AvgIpc) is 3.63. The number of hydrogen-bond donors (Lipinski definition) is 2. The highest BCUT2D eigenvalue weighted by molar-refractivity contribution is 6.30. The van der Waals surface area contributed by atoms with Gasteiger partial charge >= 0.3 is 0 Å². The number of nitrogens with zero attached hydrogens (tertiary/aromatic N) is 2. The number of carbonyl (C=O) groups excluding carboxylic acids is 2. The van der Waals surface area contributed by atoms with Crippen LogP contribution < -0.4 is 11.1 Å². The number of pyridine rings is 1. The van der Waals surface area contributed by atoms with Gasteiger partial charge in [-0.1, -0.05) is 29.8 Å². The van der Waals surface area contributed by atoms with E-state index >= 15 is 0 Å². The Morgan fingerprint density at radius 1 is 1.15 bits per heavy atom. The van der Waals surface area contributed by atoms with Crippen LogP contribution in [0.1, 0.15) is 40.4 Å². The number of rotatable bonds is 7. The highest BCUT2D eigenvalue weighted by atomic mass is 35.5. The van der Waals surface area contributed by atoms with Crippen molar-refractivity contribution in [3.8, 4) is 0 Å². The summed E-state index contributed by atoms with van der Waals surface area (Å²) in [7, 11) is 1.71. The third kappa shape index (κ3) is 4.89. The van der Waals surface area contributed by atoms with Crippen LogP contribution in [0.15, 0.2) is 67.0 Å². The van der Waals surface area contributed by atoms with Crippen LogP contribution in [0.4, 0.5) is 10.1 Å². The zero-order valence-electron chi connectivity index (χ0n) is 18.1. The monoisotopic (exact) mass is 466 g/mol. The topological polar surface area (TPSA) is 88.3 Å². The van der Waals surface area contributed by atoms with Gasteiger partial charge in [0.1, 0.15) is 5.82 Å². The van der Waals surface area contributed by atoms with E-state index in [2.05, 4.69) is 10.3 Å². The van der Waals surface area contributed by atoms with E-state index in [-0.39, 0.29) is 16.8 Å². The smallest absolute Gasteiger partial charge is 0.255 e. The van der Waals surface area contributed by atoms with Crippen LogP contribution in [-0.2, 0) is 10.2 Å². The van der Waals surface area contributed by atoms with Crippen LogP contribution in [0.25, 0.3) is 0 Å². The first-order chi connectivity index (χ1) is 15.8. The van der Waals surface area contributed by atoms with Crippen molar-refractivity contribution in [2.24, 2.45) is 5.73 Å². The number of amides is 2. The number of aromatic nitrogens is 1. The molecule has 1 aliphatic rings. The van der Waals surface area contributed by atoms with Crippen LogP contribution in [-0.4, -0.2) is 35.3 Å². The molecule has 1 saturated carbocycles. The van der Waals surface area contributed by atoms with Gasteiger partial charge < -0.3 is 16.0 Å². The van der Waals surface area contributed by atoms with Gasteiger partial charge in [-0.2, -0.15) is 0 Å². The van der Waals surface area contributed by atoms with Crippen molar-refractivity contribution in [1.82, 2.24) is 9.88 Å². The molecule has 170 valence electrons. The molecule has 1 atom stereocenters. The van der Waals surface area contributed by atoms with Crippen LogP contribution in [0.3, 0.4) is 0 Å². The number of likely N-dealkylation sites (N-methyl/N-ethyl adjacent to an activating group) is 1. The SMILES string of the molecule is CN(CC(N)c1ccc(C(=O)Nc2ccncc2)cc1)C(=O)C1(c2ccc(F)c(Cl)c2)CC1. The molecule has 2 amide bonds. The van der Waals surface area contributed by atoms with Gasteiger partial charge in [0.25, 0.3) is 5.91 Å². The summed E-state index contributed by atoms with van der Waals surface area (Å²) < 4.78 is 13.5. The molecule has 3 aromatic rings. The normalized spacial score (nSPS) is 14.9. The molecule has 1 aliphatic carbocycles. The largest absolute Gasteiger partial charge is 0.343 e. The molecule has 2 aromatic carbocycles. The minimum atomic E-state index is -0.666. The first-order valence-corrected chi connectivity index (χ1v) is 11.0. The van der Waals surface area contributed by atoms with E-state index in [1.807, 2.05) is 0 Å². The Kier molecular flexibility index (Phi) is 6.44. The van der Waals surface area contributed by atoms with Crippen molar-refractivity contribution in [2.75, 3.05) is 18.9 Å². The maximum atomic E-state index is 13.5. The number of halogens is 2. The maximum absolute atomic E-state index is 13.5. The lowest BCUT2D eigenvalue weighted by Crippen LogP contribution is -2.40. The predicted octanol–water partition coefficient (Wildman–Crippen LogP) is 4.32. The van der Waals surface area contributed by atoms with E-state index in [1.165, 1.54) is 12.1 Å². The van der Waals surface area contributed by atoms with Gasteiger partial charge in [0.05, 0.1) is 10.4 Å². The second-order valence-electron chi connectivity index (χ2n) is 8.32. The third-order valence-electron chi connectivity index (χ3n) is 5.99. The molecular weight excluding hydrogens is 443 g/mol. The summed E-state index contributed by atoms with van der Waals surface area (Å²) in [6.07, 6.45) is 4.58. The fraction of sp³-hybridized carbons (Fsp3) is 0.240. The van der Waals surface area contributed by atoms with Crippen LogP contribution in [0.2, 0.25) is 5.02 Å². The number of nitrogens with one attached hydrogen (secondary N) is 1. The standard InChI is InChI=1S/C25H24ClFN4O2/c1-31(24(33)25(10-11-25)18-6-7-21(27)20(26)14-18)15-22(28)16-2-4-17(5-3-16)23(32)30-19-8-12-29-13-9-19/h2-9,12-14,22H,10-11,15,28H2,1H3,(H,29,30,32). The molecule has 3 N–H and O–H groups in total. The highest BCUT2D eigenvalue weighted by Gasteiger charge is 2.52. The number of carbonyl (C=O) groups is 2. The molecule has 0 aliphatic heterocycles. The molecule has 1 fully saturated rings. The van der Waals surface area contributed by atoms with Crippen molar-refractivity contribution in [2.45, 2.75) is 24.3 Å². The molecule has 6 nitrogen and oxygen atoms in total. The molecule has 1 aromatic heterocycles. The van der Waals surface area contributed by atoms with Crippen LogP contribution in [0, 0.1) is 5.82 Å². The molecule has 8 heteroatoms. The van der Waals surface area contributed by atoms with Crippen molar-refractivity contribution in [1.29, 1.82) is 0 Å². The number of hydrogen-bond acceptors (Lipinski definition) is 4. The lowest BCUT2D eigenvalue weighted by atomic mass is 9.94. The highest BCUT2D eigenvalue weighted by Crippen LogP contribution is 2.50. The summed E-state index contributed by atoms with van der Waals surface area (Å²) in [5.74, 6) is -0.798. The Bertz CT molecular complexity index is 1170. The summed E-state index contributed by atoms with van der Waals surface area (Å²) in [4.78, 5) is 31.1. The number of anilines is 1. The van der Waals surface area contributed by atoms with E-state index in [4.69, 9.17) is 17.3 Å². The van der Waals surface area contributed by atoms with E-state index in [9.17, 15) is 14.0 Å². The predicted molar refractivity (Wildman–Crippen MR) is 126 cm³/mol. The van der Waals surface area contributed by atoms with Gasteiger partial charge in [0.15, 0.2) is 0 Å². The summed E-state index contributed by atoms with van der Waals surface area (Å²) in [6, 6.07) is 14.4. The number of benzene rings is 2. The molecule has 0 spiro atoms. The van der Waals surface area contributed by atoms with Crippen molar-refractivity contribution < 1.29 is 14.0 Å². The average molecular weight is 467 g/mol. The lowest BCUT2D eigenvalue weighted by Gasteiger charge is -2.27. The number of nitrogens with two attached hydrogens (primary N) is 1. The minimum Gasteiger partial charge on any atom is -0.343 e. The Morgan fingerprint density at radius 3 is 2.42 bits per heavy atom. The molecule has 0 bridgehead atoms. The van der Waals surface area contributed by atoms with Gasteiger partial charge in [-0.3, -0.25) is 14.6 Å². The van der Waals surface area contributed by atoms with Gasteiger partial charge in [0.2, 0.25) is 5.91 Å². The third-order valence-corrected chi connectivity index (χ3v) is 6.28. The zero-order valence-corrected chi connectivity index (χ0v) is 18.8. The molecule has 1 unspecified atom stereocenters. The minimum absolute atomic E-state index is 0.0130. The molecular formula is C25H24ClFN4O2. The summed E-state index contributed by atoms with van der Waals surface area (Å²) in [5.41, 5.74) is 8.38. The van der Waals surface area contributed by atoms with E-state index in [1.54, 1.807) is 66.8 Å². The first kappa shape index (κ1) is 22.9. The van der Waals surface area contributed by atoms with Gasteiger partial charge in [-0.25, -0.2) is 4.39 Å². The molecule has 0 radical (unpaired) electrons. The molecule has 0 saturated heterocycles. The van der Waals surface area contributed by atoms with Crippen LogP contribution >= 0.6 is 11.6 Å². The van der Waals surface area contributed by atoms with Gasteiger partial charge in [0, 0.05) is 43.3 Å². The fourth-order valence-electron chi connectivity index (χ4n) is 3.91. The Morgan fingerprint density at radius 2 is 1.82 bits per heavy atom. The first-order valence-electron chi connectivity index (χ1n) is 10.6. The summed E-state index contributed by atoms with van der Waals surface area (Å²) in [5, 5.41) is 2.82. The van der Waals surface area contributed by atoms with E-state index in [0.29, 0.717) is 30.6 Å². The van der Waals surface area contributed by atoms with E-state index < -0.39 is 17.3 Å². The zero-order chi connectivity index (χ0) is 23.6. The van der Waals surface area contributed by atoms with Gasteiger partial charge in [-0.15, -0.1) is 0 Å². The van der Waals surface area contributed by atoms with E-state index in [0.717, 1.165) is 11.1 Å². The van der Waals surface area contributed by atoms with Crippen LogP contribution in [0.5, 0.6) is 0 Å². The summed E-state index contributed by atoms with van der Waals surface area (Å²) >= 11 is 5.93. The quantitative estimate of drug-likeness (QED) is 0.543. The molecule has 33 heavy (non-hydrogen) atoms. The Labute approximate surface area is 196 Å². The summed E-state index contributed by atoms with van der Waals surface area (Å²) in [6.45, 7) is 0.304. The Balaban J connectivity index is 1.39. The second kappa shape index (κ2) is 9.29. The van der Waals surface area contributed by atoms with Crippen molar-refractivity contribution in [3.63, 3.8) is 0 Å². The second-order valence-corrected chi connectivity index (χ2v) is 8.72.